The molecule has 1 aliphatic rings. The quantitative estimate of drug-likeness (QED) is 0.848. The molecule has 110 valence electrons. The predicted octanol–water partition coefficient (Wildman–Crippen LogP) is 3.59. The molecule has 0 radical (unpaired) electrons. The van der Waals surface area contributed by atoms with Gasteiger partial charge in [-0.3, -0.25) is 4.79 Å². The first-order valence-electron chi connectivity index (χ1n) is 6.61. The van der Waals surface area contributed by atoms with Crippen LogP contribution in [0.4, 0.5) is 0 Å². The topological polar surface area (TPSA) is 46.5 Å². The first-order chi connectivity index (χ1) is 9.40. The standard InChI is InChI=1S/C15H18Cl2O3/c1-15(9-5-6-10(16)11(17)8-9)7-3-4-12(18)13(15)14(19)20-2/h5-6,8,12-13,18H,3-4,7H2,1-2H3. The van der Waals surface area contributed by atoms with Gasteiger partial charge in [0.25, 0.3) is 0 Å². The van der Waals surface area contributed by atoms with Crippen molar-refractivity contribution in [1.82, 2.24) is 0 Å². The van der Waals surface area contributed by atoms with E-state index in [9.17, 15) is 9.90 Å². The number of esters is 1. The maximum absolute atomic E-state index is 12.1. The van der Waals surface area contributed by atoms with Crippen molar-refractivity contribution in [3.8, 4) is 0 Å². The van der Waals surface area contributed by atoms with Crippen LogP contribution >= 0.6 is 23.2 Å². The Morgan fingerprint density at radius 3 is 2.70 bits per heavy atom. The highest BCUT2D eigenvalue weighted by molar-refractivity contribution is 6.42. The van der Waals surface area contributed by atoms with Gasteiger partial charge in [0, 0.05) is 5.41 Å². The van der Waals surface area contributed by atoms with Crippen LogP contribution in [0.15, 0.2) is 18.2 Å². The van der Waals surface area contributed by atoms with Crippen molar-refractivity contribution in [3.63, 3.8) is 0 Å². The lowest BCUT2D eigenvalue weighted by atomic mass is 9.62. The average Bonchev–Trinajstić information content (AvgIpc) is 2.41. The van der Waals surface area contributed by atoms with E-state index in [0.717, 1.165) is 18.4 Å². The Hall–Kier alpha value is -0.770. The Kier molecular flexibility index (Phi) is 4.62. The van der Waals surface area contributed by atoms with Gasteiger partial charge in [-0.15, -0.1) is 0 Å². The Bertz CT molecular complexity index is 518. The molecule has 0 spiro atoms. The average molecular weight is 317 g/mol. The summed E-state index contributed by atoms with van der Waals surface area (Å²) in [6.45, 7) is 1.97. The number of methoxy groups -OCH3 is 1. The van der Waals surface area contributed by atoms with Gasteiger partial charge < -0.3 is 9.84 Å². The van der Waals surface area contributed by atoms with Gasteiger partial charge in [-0.25, -0.2) is 0 Å². The Labute approximate surface area is 128 Å². The van der Waals surface area contributed by atoms with Crippen molar-refractivity contribution in [1.29, 1.82) is 0 Å². The molecule has 3 nitrogen and oxygen atoms in total. The van der Waals surface area contributed by atoms with Gasteiger partial charge in [0.1, 0.15) is 0 Å². The number of hydrogen-bond acceptors (Lipinski definition) is 3. The van der Waals surface area contributed by atoms with E-state index in [-0.39, 0.29) is 5.97 Å². The van der Waals surface area contributed by atoms with E-state index in [2.05, 4.69) is 0 Å². The molecule has 0 heterocycles. The number of benzene rings is 1. The summed E-state index contributed by atoms with van der Waals surface area (Å²) in [4.78, 5) is 12.1. The summed E-state index contributed by atoms with van der Waals surface area (Å²) in [6.07, 6.45) is 1.56. The van der Waals surface area contributed by atoms with Gasteiger partial charge >= 0.3 is 5.97 Å². The maximum Gasteiger partial charge on any atom is 0.312 e. The van der Waals surface area contributed by atoms with Crippen LogP contribution in [0.25, 0.3) is 0 Å². The number of hydrogen-bond donors (Lipinski definition) is 1. The van der Waals surface area contributed by atoms with Crippen molar-refractivity contribution >= 4 is 29.2 Å². The van der Waals surface area contributed by atoms with Crippen LogP contribution in [-0.2, 0) is 14.9 Å². The van der Waals surface area contributed by atoms with Crippen molar-refractivity contribution < 1.29 is 14.6 Å². The lowest BCUT2D eigenvalue weighted by molar-refractivity contribution is -0.155. The Morgan fingerprint density at radius 2 is 2.10 bits per heavy atom. The minimum Gasteiger partial charge on any atom is -0.469 e. The Morgan fingerprint density at radius 1 is 1.40 bits per heavy atom. The number of halogens is 2. The van der Waals surface area contributed by atoms with Crippen molar-refractivity contribution in [2.75, 3.05) is 7.11 Å². The fourth-order valence-corrected chi connectivity index (χ4v) is 3.44. The van der Waals surface area contributed by atoms with E-state index in [1.54, 1.807) is 12.1 Å². The predicted molar refractivity (Wildman–Crippen MR) is 79.2 cm³/mol. The van der Waals surface area contributed by atoms with E-state index in [1.165, 1.54) is 7.11 Å². The summed E-state index contributed by atoms with van der Waals surface area (Å²) in [7, 11) is 1.35. The van der Waals surface area contributed by atoms with Crippen molar-refractivity contribution in [2.45, 2.75) is 37.7 Å². The molecule has 1 aromatic rings. The van der Waals surface area contributed by atoms with E-state index < -0.39 is 17.4 Å². The van der Waals surface area contributed by atoms with Crippen molar-refractivity contribution in [2.24, 2.45) is 5.92 Å². The molecule has 1 saturated carbocycles. The summed E-state index contributed by atoms with van der Waals surface area (Å²) in [5.74, 6) is -0.968. The number of carbonyl (C=O) groups excluding carboxylic acids is 1. The SMILES string of the molecule is COC(=O)C1C(O)CCCC1(C)c1ccc(Cl)c(Cl)c1. The number of aliphatic hydroxyl groups excluding tert-OH is 1. The number of rotatable bonds is 2. The van der Waals surface area contributed by atoms with E-state index in [0.29, 0.717) is 16.5 Å². The van der Waals surface area contributed by atoms with Gasteiger partial charge in [0.15, 0.2) is 0 Å². The fourth-order valence-electron chi connectivity index (χ4n) is 3.14. The molecule has 3 atom stereocenters. The first-order valence-corrected chi connectivity index (χ1v) is 7.37. The van der Waals surface area contributed by atoms with Gasteiger partial charge in [-0.1, -0.05) is 36.2 Å². The summed E-state index contributed by atoms with van der Waals surface area (Å²) in [5, 5.41) is 11.2. The molecule has 1 aliphatic carbocycles. The van der Waals surface area contributed by atoms with Crippen molar-refractivity contribution in [3.05, 3.63) is 33.8 Å². The molecule has 2 rings (SSSR count). The molecule has 5 heteroatoms. The maximum atomic E-state index is 12.1. The first kappa shape index (κ1) is 15.6. The molecule has 0 aliphatic heterocycles. The highest BCUT2D eigenvalue weighted by atomic mass is 35.5. The molecule has 0 bridgehead atoms. The van der Waals surface area contributed by atoms with Gasteiger partial charge in [-0.05, 0) is 37.0 Å². The normalized spacial score (nSPS) is 30.1. The number of ether oxygens (including phenoxy) is 1. The zero-order valence-electron chi connectivity index (χ0n) is 11.5. The molecule has 1 fully saturated rings. The van der Waals surface area contributed by atoms with Crippen LogP contribution in [0.1, 0.15) is 31.7 Å². The molecule has 0 aromatic heterocycles. The van der Waals surface area contributed by atoms with Gasteiger partial charge in [0.05, 0.1) is 29.2 Å². The van der Waals surface area contributed by atoms with Crippen LogP contribution in [-0.4, -0.2) is 24.3 Å². The molecule has 1 N–H and O–H groups in total. The molecule has 3 unspecified atom stereocenters. The number of aliphatic hydroxyl groups is 1. The molecule has 0 saturated heterocycles. The lowest BCUT2D eigenvalue weighted by Crippen LogP contribution is -2.48. The fraction of sp³-hybridized carbons (Fsp3) is 0.533. The Balaban J connectivity index is 2.47. The monoisotopic (exact) mass is 316 g/mol. The molecular weight excluding hydrogens is 299 g/mol. The lowest BCUT2D eigenvalue weighted by Gasteiger charge is -2.43. The second kappa shape index (κ2) is 5.92. The zero-order valence-corrected chi connectivity index (χ0v) is 13.0. The van der Waals surface area contributed by atoms with E-state index >= 15 is 0 Å². The van der Waals surface area contributed by atoms with Crippen LogP contribution in [0.3, 0.4) is 0 Å². The minimum atomic E-state index is -0.698. The summed E-state index contributed by atoms with van der Waals surface area (Å²) in [5.41, 5.74) is 0.403. The van der Waals surface area contributed by atoms with E-state index in [4.69, 9.17) is 27.9 Å². The molecular formula is C15H18Cl2O3. The third-order valence-electron chi connectivity index (χ3n) is 4.30. The second-order valence-electron chi connectivity index (χ2n) is 5.51. The van der Waals surface area contributed by atoms with Crippen LogP contribution in [0, 0.1) is 5.92 Å². The molecule has 0 amide bonds. The molecule has 1 aromatic carbocycles. The highest BCUT2D eigenvalue weighted by Gasteiger charge is 2.47. The largest absolute Gasteiger partial charge is 0.469 e. The van der Waals surface area contributed by atoms with Crippen LogP contribution in [0.5, 0.6) is 0 Å². The summed E-state index contributed by atoms with van der Waals surface area (Å²) >= 11 is 12.0. The third-order valence-corrected chi connectivity index (χ3v) is 5.04. The highest BCUT2D eigenvalue weighted by Crippen LogP contribution is 2.45. The number of carbonyl (C=O) groups is 1. The summed E-state index contributed by atoms with van der Waals surface area (Å²) in [6, 6.07) is 5.36. The zero-order chi connectivity index (χ0) is 14.9. The van der Waals surface area contributed by atoms with Crippen LogP contribution in [0.2, 0.25) is 10.0 Å². The van der Waals surface area contributed by atoms with Crippen LogP contribution < -0.4 is 0 Å². The third kappa shape index (κ3) is 2.67. The van der Waals surface area contributed by atoms with E-state index in [1.807, 2.05) is 13.0 Å². The van der Waals surface area contributed by atoms with Gasteiger partial charge in [0.2, 0.25) is 0 Å². The smallest absolute Gasteiger partial charge is 0.312 e. The summed E-state index contributed by atoms with van der Waals surface area (Å²) < 4.78 is 4.87. The minimum absolute atomic E-state index is 0.384. The second-order valence-corrected chi connectivity index (χ2v) is 6.32. The van der Waals surface area contributed by atoms with Gasteiger partial charge in [-0.2, -0.15) is 0 Å². The molecule has 20 heavy (non-hydrogen) atoms.